The molecule has 0 saturated carbocycles. The molecule has 0 saturated heterocycles. The minimum absolute atomic E-state index is 0.0331. The summed E-state index contributed by atoms with van der Waals surface area (Å²) in [6.07, 6.45) is 1.66. The fourth-order valence-corrected chi connectivity index (χ4v) is 1.47. The van der Waals surface area contributed by atoms with Crippen molar-refractivity contribution in [2.45, 2.75) is 26.2 Å². The highest BCUT2D eigenvalue weighted by atomic mass is 16.1. The molecule has 0 spiro atoms. The van der Waals surface area contributed by atoms with E-state index in [4.69, 9.17) is 0 Å². The Balaban J connectivity index is 2.75. The standard InChI is InChI=1S/C11H14N2O/c1-11(2,3)9-6-7-8(13-9)4-5-12-10(7)14/h4-6,13H,1-3H3,(H,12,14). The first-order valence-electron chi connectivity index (χ1n) is 4.69. The SMILES string of the molecule is CC(C)(C)c1cc2c(=O)[nH]ccc2[nH]1. The topological polar surface area (TPSA) is 48.6 Å². The van der Waals surface area contributed by atoms with Gasteiger partial charge in [0.15, 0.2) is 0 Å². The van der Waals surface area contributed by atoms with Gasteiger partial charge in [0, 0.05) is 17.3 Å². The second kappa shape index (κ2) is 2.74. The van der Waals surface area contributed by atoms with Crippen molar-refractivity contribution in [1.82, 2.24) is 9.97 Å². The Kier molecular flexibility index (Phi) is 1.77. The van der Waals surface area contributed by atoms with Crippen molar-refractivity contribution in [3.8, 4) is 0 Å². The fourth-order valence-electron chi connectivity index (χ4n) is 1.47. The molecule has 2 aromatic rings. The molecule has 0 fully saturated rings. The Morgan fingerprint density at radius 1 is 1.29 bits per heavy atom. The third-order valence-electron chi connectivity index (χ3n) is 2.37. The lowest BCUT2D eigenvalue weighted by atomic mass is 9.92. The Bertz CT molecular complexity index is 514. The predicted octanol–water partition coefficient (Wildman–Crippen LogP) is 2.15. The molecule has 0 radical (unpaired) electrons. The zero-order chi connectivity index (χ0) is 10.3. The number of aromatic amines is 2. The van der Waals surface area contributed by atoms with Crippen LogP contribution in [0, 0.1) is 0 Å². The van der Waals surface area contributed by atoms with Crippen molar-refractivity contribution in [1.29, 1.82) is 0 Å². The third kappa shape index (κ3) is 1.35. The van der Waals surface area contributed by atoms with Gasteiger partial charge in [0.25, 0.3) is 5.56 Å². The van der Waals surface area contributed by atoms with E-state index in [0.29, 0.717) is 0 Å². The maximum Gasteiger partial charge on any atom is 0.257 e. The molecule has 2 N–H and O–H groups in total. The number of nitrogens with one attached hydrogen (secondary N) is 2. The Labute approximate surface area is 82.2 Å². The van der Waals surface area contributed by atoms with Gasteiger partial charge in [-0.1, -0.05) is 20.8 Å². The van der Waals surface area contributed by atoms with Crippen LogP contribution in [0.5, 0.6) is 0 Å². The molecule has 0 unspecified atom stereocenters. The molecule has 0 aliphatic rings. The number of aromatic nitrogens is 2. The molecule has 0 aromatic carbocycles. The Morgan fingerprint density at radius 3 is 2.57 bits per heavy atom. The second-order valence-corrected chi connectivity index (χ2v) is 4.57. The van der Waals surface area contributed by atoms with Gasteiger partial charge in [0.1, 0.15) is 0 Å². The lowest BCUT2D eigenvalue weighted by molar-refractivity contribution is 0.574. The van der Waals surface area contributed by atoms with Gasteiger partial charge in [-0.3, -0.25) is 4.79 Å². The summed E-state index contributed by atoms with van der Waals surface area (Å²) in [5, 5.41) is 0.734. The van der Waals surface area contributed by atoms with Gasteiger partial charge in [-0.25, -0.2) is 0 Å². The summed E-state index contributed by atoms with van der Waals surface area (Å²) < 4.78 is 0. The summed E-state index contributed by atoms with van der Waals surface area (Å²) in [4.78, 5) is 17.4. The highest BCUT2D eigenvalue weighted by molar-refractivity contribution is 5.79. The molecule has 74 valence electrons. The van der Waals surface area contributed by atoms with Gasteiger partial charge in [0.05, 0.1) is 10.9 Å². The quantitative estimate of drug-likeness (QED) is 0.657. The molecule has 2 heterocycles. The van der Waals surface area contributed by atoms with E-state index in [9.17, 15) is 4.79 Å². The van der Waals surface area contributed by atoms with Crippen LogP contribution in [-0.4, -0.2) is 9.97 Å². The number of H-pyrrole nitrogens is 2. The zero-order valence-corrected chi connectivity index (χ0v) is 8.64. The summed E-state index contributed by atoms with van der Waals surface area (Å²) in [5.74, 6) is 0. The molecule has 0 atom stereocenters. The molecule has 0 bridgehead atoms. The van der Waals surface area contributed by atoms with Gasteiger partial charge in [-0.15, -0.1) is 0 Å². The largest absolute Gasteiger partial charge is 0.358 e. The Morgan fingerprint density at radius 2 is 2.00 bits per heavy atom. The first kappa shape index (κ1) is 9.06. The smallest absolute Gasteiger partial charge is 0.257 e. The number of pyridine rings is 1. The molecule has 2 rings (SSSR count). The average molecular weight is 190 g/mol. The van der Waals surface area contributed by atoms with Crippen LogP contribution < -0.4 is 5.56 Å². The summed E-state index contributed by atoms with van der Waals surface area (Å²) in [6.45, 7) is 6.35. The van der Waals surface area contributed by atoms with Crippen LogP contribution in [0.3, 0.4) is 0 Å². The van der Waals surface area contributed by atoms with E-state index in [2.05, 4.69) is 30.7 Å². The minimum atomic E-state index is -0.0331. The van der Waals surface area contributed by atoms with E-state index in [1.54, 1.807) is 6.20 Å². The number of rotatable bonds is 0. The van der Waals surface area contributed by atoms with Crippen molar-refractivity contribution >= 4 is 10.9 Å². The minimum Gasteiger partial charge on any atom is -0.358 e. The molecular weight excluding hydrogens is 176 g/mol. The molecule has 14 heavy (non-hydrogen) atoms. The molecule has 3 heteroatoms. The Hall–Kier alpha value is -1.51. The third-order valence-corrected chi connectivity index (χ3v) is 2.37. The van der Waals surface area contributed by atoms with Crippen LogP contribution in [0.2, 0.25) is 0 Å². The van der Waals surface area contributed by atoms with E-state index < -0.39 is 0 Å². The van der Waals surface area contributed by atoms with Crippen LogP contribution in [0.4, 0.5) is 0 Å². The van der Waals surface area contributed by atoms with E-state index in [1.165, 1.54) is 0 Å². The molecular formula is C11H14N2O. The van der Waals surface area contributed by atoms with Crippen LogP contribution in [0.1, 0.15) is 26.5 Å². The van der Waals surface area contributed by atoms with Crippen molar-refractivity contribution < 1.29 is 0 Å². The van der Waals surface area contributed by atoms with Crippen LogP contribution in [-0.2, 0) is 5.41 Å². The van der Waals surface area contributed by atoms with Crippen molar-refractivity contribution in [2.24, 2.45) is 0 Å². The average Bonchev–Trinajstić information content (AvgIpc) is 2.48. The van der Waals surface area contributed by atoms with Gasteiger partial charge in [0.2, 0.25) is 0 Å². The summed E-state index contributed by atoms with van der Waals surface area (Å²) >= 11 is 0. The van der Waals surface area contributed by atoms with Crippen molar-refractivity contribution in [2.75, 3.05) is 0 Å². The van der Waals surface area contributed by atoms with E-state index in [-0.39, 0.29) is 11.0 Å². The molecule has 0 aliphatic carbocycles. The number of fused-ring (bicyclic) bond motifs is 1. The fraction of sp³-hybridized carbons (Fsp3) is 0.364. The van der Waals surface area contributed by atoms with Crippen molar-refractivity contribution in [3.05, 3.63) is 34.4 Å². The molecule has 0 amide bonds. The van der Waals surface area contributed by atoms with E-state index in [0.717, 1.165) is 16.6 Å². The van der Waals surface area contributed by atoms with Gasteiger partial charge in [-0.2, -0.15) is 0 Å². The maximum absolute atomic E-state index is 11.4. The maximum atomic E-state index is 11.4. The second-order valence-electron chi connectivity index (χ2n) is 4.57. The summed E-state index contributed by atoms with van der Waals surface area (Å²) in [5.41, 5.74) is 2.00. The number of hydrogen-bond acceptors (Lipinski definition) is 1. The molecule has 2 aromatic heterocycles. The normalized spacial score (nSPS) is 12.2. The first-order valence-corrected chi connectivity index (χ1v) is 4.69. The highest BCUT2D eigenvalue weighted by Gasteiger charge is 2.16. The molecule has 0 aliphatic heterocycles. The van der Waals surface area contributed by atoms with Crippen LogP contribution >= 0.6 is 0 Å². The first-order chi connectivity index (χ1) is 6.48. The highest BCUT2D eigenvalue weighted by Crippen LogP contribution is 2.23. The summed E-state index contributed by atoms with van der Waals surface area (Å²) in [7, 11) is 0. The van der Waals surface area contributed by atoms with Crippen LogP contribution in [0.15, 0.2) is 23.1 Å². The zero-order valence-electron chi connectivity index (χ0n) is 8.64. The molecule has 3 nitrogen and oxygen atoms in total. The van der Waals surface area contributed by atoms with Gasteiger partial charge >= 0.3 is 0 Å². The van der Waals surface area contributed by atoms with Crippen LogP contribution in [0.25, 0.3) is 10.9 Å². The monoisotopic (exact) mass is 190 g/mol. The van der Waals surface area contributed by atoms with Crippen molar-refractivity contribution in [3.63, 3.8) is 0 Å². The van der Waals surface area contributed by atoms with Gasteiger partial charge in [-0.05, 0) is 12.1 Å². The van der Waals surface area contributed by atoms with E-state index in [1.807, 2.05) is 12.1 Å². The lowest BCUT2D eigenvalue weighted by Crippen LogP contribution is -2.11. The van der Waals surface area contributed by atoms with E-state index >= 15 is 0 Å². The lowest BCUT2D eigenvalue weighted by Gasteiger charge is -2.15. The predicted molar refractivity (Wildman–Crippen MR) is 57.6 cm³/mol. The summed E-state index contributed by atoms with van der Waals surface area (Å²) in [6, 6.07) is 3.81. The van der Waals surface area contributed by atoms with Gasteiger partial charge < -0.3 is 9.97 Å². The number of hydrogen-bond donors (Lipinski definition) is 2.